The number of hydrogen-bond donors (Lipinski definition) is 0. The molecular formula is C11H20. The summed E-state index contributed by atoms with van der Waals surface area (Å²) in [6.45, 7) is 9.31. The van der Waals surface area contributed by atoms with E-state index in [1.165, 1.54) is 19.3 Å². The highest BCUT2D eigenvalue weighted by molar-refractivity contribution is 5.04. The quantitative estimate of drug-likeness (QED) is 0.463. The van der Waals surface area contributed by atoms with E-state index in [4.69, 9.17) is 0 Å². The Bertz CT molecular complexity index is 157. The molecule has 0 saturated heterocycles. The van der Waals surface area contributed by atoms with Crippen LogP contribution in [0, 0.1) is 11.3 Å². The van der Waals surface area contributed by atoms with E-state index in [2.05, 4.69) is 33.8 Å². The van der Waals surface area contributed by atoms with Gasteiger partial charge in [0.2, 0.25) is 0 Å². The first-order valence-electron chi connectivity index (χ1n) is 4.66. The van der Waals surface area contributed by atoms with Crippen LogP contribution in [0.2, 0.25) is 0 Å². The first-order chi connectivity index (χ1) is 5.00. The average molecular weight is 152 g/mol. The lowest BCUT2D eigenvalue weighted by atomic mass is 9.73. The van der Waals surface area contributed by atoms with Crippen LogP contribution in [0.1, 0.15) is 47.0 Å². The van der Waals surface area contributed by atoms with Gasteiger partial charge in [-0.15, -0.1) is 0 Å². The highest BCUT2D eigenvalue weighted by atomic mass is 14.3. The Kier molecular flexibility index (Phi) is 2.41. The Hall–Kier alpha value is -0.260. The molecule has 0 nitrogen and oxygen atoms in total. The number of allylic oxidation sites excluding steroid dienone is 2. The molecule has 0 heteroatoms. The van der Waals surface area contributed by atoms with E-state index < -0.39 is 0 Å². The summed E-state index contributed by atoms with van der Waals surface area (Å²) in [6, 6.07) is 0. The third-order valence-electron chi connectivity index (χ3n) is 2.86. The molecule has 0 aromatic carbocycles. The zero-order chi connectivity index (χ0) is 8.48. The SMILES string of the molecule is CC1=CCC(C(C)(C)C)CC1. The molecule has 64 valence electrons. The molecule has 1 atom stereocenters. The molecule has 0 N–H and O–H groups in total. The van der Waals surface area contributed by atoms with Crippen LogP contribution in [0.15, 0.2) is 11.6 Å². The Balaban J connectivity index is 2.54. The first kappa shape index (κ1) is 8.83. The summed E-state index contributed by atoms with van der Waals surface area (Å²) in [7, 11) is 0. The summed E-state index contributed by atoms with van der Waals surface area (Å²) in [4.78, 5) is 0. The molecule has 0 aromatic rings. The average Bonchev–Trinajstić information content (AvgIpc) is 1.86. The summed E-state index contributed by atoms with van der Waals surface area (Å²) in [6.07, 6.45) is 6.43. The Morgan fingerprint density at radius 2 is 2.00 bits per heavy atom. The summed E-state index contributed by atoms with van der Waals surface area (Å²) in [5.74, 6) is 0.909. The van der Waals surface area contributed by atoms with Gasteiger partial charge in [0, 0.05) is 0 Å². The van der Waals surface area contributed by atoms with E-state index in [0.29, 0.717) is 5.41 Å². The lowest BCUT2D eigenvalue weighted by Gasteiger charge is -2.32. The molecule has 0 fully saturated rings. The Morgan fingerprint density at radius 1 is 1.36 bits per heavy atom. The number of hydrogen-bond acceptors (Lipinski definition) is 0. The fraction of sp³-hybridized carbons (Fsp3) is 0.818. The van der Waals surface area contributed by atoms with Crippen molar-refractivity contribution in [2.75, 3.05) is 0 Å². The van der Waals surface area contributed by atoms with Gasteiger partial charge in [-0.2, -0.15) is 0 Å². The lowest BCUT2D eigenvalue weighted by molar-refractivity contribution is 0.221. The van der Waals surface area contributed by atoms with E-state index in [1.54, 1.807) is 5.57 Å². The smallest absolute Gasteiger partial charge is 0.0315 e. The maximum Gasteiger partial charge on any atom is -0.0315 e. The van der Waals surface area contributed by atoms with Crippen molar-refractivity contribution in [2.24, 2.45) is 11.3 Å². The molecule has 11 heavy (non-hydrogen) atoms. The summed E-state index contributed by atoms with van der Waals surface area (Å²) < 4.78 is 0. The van der Waals surface area contributed by atoms with E-state index in [-0.39, 0.29) is 0 Å². The van der Waals surface area contributed by atoms with Crippen LogP contribution < -0.4 is 0 Å². The molecule has 0 saturated carbocycles. The van der Waals surface area contributed by atoms with Crippen molar-refractivity contribution in [1.82, 2.24) is 0 Å². The van der Waals surface area contributed by atoms with Crippen LogP contribution in [0.3, 0.4) is 0 Å². The predicted octanol–water partition coefficient (Wildman–Crippen LogP) is 3.78. The molecule has 0 aliphatic heterocycles. The van der Waals surface area contributed by atoms with Gasteiger partial charge < -0.3 is 0 Å². The van der Waals surface area contributed by atoms with Gasteiger partial charge in [0.1, 0.15) is 0 Å². The predicted molar refractivity (Wildman–Crippen MR) is 50.6 cm³/mol. The van der Waals surface area contributed by atoms with Crippen molar-refractivity contribution in [3.63, 3.8) is 0 Å². The Morgan fingerprint density at radius 3 is 2.36 bits per heavy atom. The monoisotopic (exact) mass is 152 g/mol. The lowest BCUT2D eigenvalue weighted by Crippen LogP contribution is -2.21. The minimum absolute atomic E-state index is 0.511. The van der Waals surface area contributed by atoms with Gasteiger partial charge in [-0.25, -0.2) is 0 Å². The molecule has 0 spiro atoms. The van der Waals surface area contributed by atoms with Crippen molar-refractivity contribution in [3.8, 4) is 0 Å². The second-order valence-electron chi connectivity index (χ2n) is 4.89. The highest BCUT2D eigenvalue weighted by Gasteiger charge is 2.24. The molecule has 0 amide bonds. The molecule has 1 rings (SSSR count). The summed E-state index contributed by atoms with van der Waals surface area (Å²) in [5, 5.41) is 0. The van der Waals surface area contributed by atoms with Crippen LogP contribution in [0.4, 0.5) is 0 Å². The normalized spacial score (nSPS) is 26.5. The van der Waals surface area contributed by atoms with Crippen LogP contribution in [-0.2, 0) is 0 Å². The molecule has 0 radical (unpaired) electrons. The molecule has 0 aromatic heterocycles. The summed E-state index contributed by atoms with van der Waals surface area (Å²) >= 11 is 0. The molecule has 1 aliphatic carbocycles. The van der Waals surface area contributed by atoms with E-state index >= 15 is 0 Å². The second kappa shape index (κ2) is 3.00. The maximum absolute atomic E-state index is 2.42. The van der Waals surface area contributed by atoms with Crippen molar-refractivity contribution < 1.29 is 0 Å². The number of rotatable bonds is 0. The third kappa shape index (κ3) is 2.36. The summed E-state index contributed by atoms with van der Waals surface area (Å²) in [5.41, 5.74) is 2.10. The van der Waals surface area contributed by atoms with Gasteiger partial charge in [-0.1, -0.05) is 32.4 Å². The second-order valence-corrected chi connectivity index (χ2v) is 4.89. The standard InChI is InChI=1S/C11H20/c1-9-5-7-10(8-6-9)11(2,3)4/h5,10H,6-8H2,1-4H3. The van der Waals surface area contributed by atoms with Crippen molar-refractivity contribution in [3.05, 3.63) is 11.6 Å². The van der Waals surface area contributed by atoms with Gasteiger partial charge in [-0.05, 0) is 37.5 Å². The third-order valence-corrected chi connectivity index (χ3v) is 2.86. The topological polar surface area (TPSA) is 0 Å². The fourth-order valence-electron chi connectivity index (χ4n) is 1.75. The van der Waals surface area contributed by atoms with E-state index in [0.717, 1.165) is 5.92 Å². The van der Waals surface area contributed by atoms with Gasteiger partial charge in [0.05, 0.1) is 0 Å². The van der Waals surface area contributed by atoms with Gasteiger partial charge in [0.15, 0.2) is 0 Å². The first-order valence-corrected chi connectivity index (χ1v) is 4.66. The Labute approximate surface area is 70.7 Å². The van der Waals surface area contributed by atoms with Crippen molar-refractivity contribution in [1.29, 1.82) is 0 Å². The molecule has 0 heterocycles. The zero-order valence-electron chi connectivity index (χ0n) is 8.28. The van der Waals surface area contributed by atoms with Gasteiger partial charge >= 0.3 is 0 Å². The minimum Gasteiger partial charge on any atom is -0.0853 e. The fourth-order valence-corrected chi connectivity index (χ4v) is 1.75. The van der Waals surface area contributed by atoms with Crippen LogP contribution in [0.25, 0.3) is 0 Å². The molecule has 1 aliphatic rings. The molecule has 1 unspecified atom stereocenters. The van der Waals surface area contributed by atoms with Crippen molar-refractivity contribution in [2.45, 2.75) is 47.0 Å². The van der Waals surface area contributed by atoms with E-state index in [9.17, 15) is 0 Å². The van der Waals surface area contributed by atoms with Crippen LogP contribution in [-0.4, -0.2) is 0 Å². The van der Waals surface area contributed by atoms with E-state index in [1.807, 2.05) is 0 Å². The van der Waals surface area contributed by atoms with Gasteiger partial charge in [0.25, 0.3) is 0 Å². The van der Waals surface area contributed by atoms with Crippen LogP contribution in [0.5, 0.6) is 0 Å². The maximum atomic E-state index is 2.42. The highest BCUT2D eigenvalue weighted by Crippen LogP contribution is 2.36. The zero-order valence-corrected chi connectivity index (χ0v) is 8.28. The largest absolute Gasteiger partial charge is 0.0853 e. The molecular weight excluding hydrogens is 132 g/mol. The van der Waals surface area contributed by atoms with Crippen molar-refractivity contribution >= 4 is 0 Å². The molecule has 0 bridgehead atoms. The van der Waals surface area contributed by atoms with Gasteiger partial charge in [-0.3, -0.25) is 0 Å². The van der Waals surface area contributed by atoms with Crippen LogP contribution >= 0.6 is 0 Å². The minimum atomic E-state index is 0.511.